The molecule has 0 aromatic carbocycles. The zero-order valence-corrected chi connectivity index (χ0v) is 9.76. The third kappa shape index (κ3) is 4.21. The molecule has 0 rings (SSSR count). The van der Waals surface area contributed by atoms with Gasteiger partial charge < -0.3 is 8.85 Å². The Morgan fingerprint density at radius 3 is 2.10 bits per heavy atom. The van der Waals surface area contributed by atoms with Gasteiger partial charge in [-0.3, -0.25) is 0 Å². The monoisotopic (exact) mass is 178 g/mol. The summed E-state index contributed by atoms with van der Waals surface area (Å²) in [6.07, 6.45) is 0. The summed E-state index contributed by atoms with van der Waals surface area (Å²) < 4.78 is 10.7. The van der Waals surface area contributed by atoms with E-state index >= 15 is 0 Å². The van der Waals surface area contributed by atoms with E-state index in [0.29, 0.717) is 0 Å². The molecule has 0 aliphatic rings. The fourth-order valence-electron chi connectivity index (χ4n) is 0.859. The van der Waals surface area contributed by atoms with Gasteiger partial charge >= 0.3 is 0 Å². The van der Waals surface area contributed by atoms with Crippen molar-refractivity contribution in [3.63, 3.8) is 0 Å². The van der Waals surface area contributed by atoms with Crippen LogP contribution in [0.5, 0.6) is 0 Å². The summed E-state index contributed by atoms with van der Waals surface area (Å²) in [6.45, 7) is 6.68. The molecule has 0 bridgehead atoms. The lowest BCUT2D eigenvalue weighted by Gasteiger charge is -2.21. The van der Waals surface area contributed by atoms with E-state index in [4.69, 9.17) is 8.85 Å². The fraction of sp³-hybridized carbons (Fsp3) is 1.00. The van der Waals surface area contributed by atoms with Crippen LogP contribution >= 0.6 is 0 Å². The van der Waals surface area contributed by atoms with Crippen molar-refractivity contribution in [1.29, 1.82) is 0 Å². The lowest BCUT2D eigenvalue weighted by molar-refractivity contribution is 0.397. The normalized spacial score (nSPS) is 15.3. The Kier molecular flexibility index (Phi) is 4.43. The van der Waals surface area contributed by atoms with Gasteiger partial charge in [0.2, 0.25) is 0 Å². The van der Waals surface area contributed by atoms with Crippen molar-refractivity contribution in [3.8, 4) is 0 Å². The molecule has 0 heterocycles. The highest BCUT2D eigenvalue weighted by molar-refractivity contribution is 6.82. The van der Waals surface area contributed by atoms with Crippen molar-refractivity contribution in [1.82, 2.24) is 0 Å². The van der Waals surface area contributed by atoms with Gasteiger partial charge in [0, 0.05) is 14.2 Å². The summed E-state index contributed by atoms with van der Waals surface area (Å²) >= 11 is 0. The van der Waals surface area contributed by atoms with E-state index in [1.54, 1.807) is 7.11 Å². The minimum atomic E-state index is -1.32. The Bertz CT molecular complexity index is 95.7. The molecule has 10 heavy (non-hydrogen) atoms. The molecular formula is C6H18O2Si2. The van der Waals surface area contributed by atoms with Gasteiger partial charge in [0.15, 0.2) is 17.4 Å². The molecule has 0 saturated carbocycles. The standard InChI is InChI=1S/C6H18O2Si2/c1-7-9(3)6-10(4,5)8-2/h9H,6H2,1-5H3. The minimum Gasteiger partial charge on any atom is -0.424 e. The summed E-state index contributed by atoms with van der Waals surface area (Å²) in [7, 11) is 1.40. The van der Waals surface area contributed by atoms with E-state index in [1.807, 2.05) is 7.11 Å². The quantitative estimate of drug-likeness (QED) is 0.606. The maximum absolute atomic E-state index is 5.40. The molecule has 4 heteroatoms. The van der Waals surface area contributed by atoms with Gasteiger partial charge in [0.05, 0.1) is 0 Å². The van der Waals surface area contributed by atoms with Crippen molar-refractivity contribution in [2.45, 2.75) is 25.3 Å². The van der Waals surface area contributed by atoms with Crippen LogP contribution in [-0.4, -0.2) is 31.6 Å². The molecule has 0 fully saturated rings. The van der Waals surface area contributed by atoms with Crippen LogP contribution in [0, 0.1) is 0 Å². The molecule has 0 N–H and O–H groups in total. The largest absolute Gasteiger partial charge is 0.424 e. The van der Waals surface area contributed by atoms with Crippen molar-refractivity contribution in [3.05, 3.63) is 0 Å². The van der Waals surface area contributed by atoms with Crippen LogP contribution in [0.1, 0.15) is 0 Å². The second kappa shape index (κ2) is 4.28. The van der Waals surface area contributed by atoms with Gasteiger partial charge in [0.25, 0.3) is 0 Å². The van der Waals surface area contributed by atoms with Crippen LogP contribution in [0.25, 0.3) is 0 Å². The molecule has 0 aliphatic carbocycles. The molecule has 62 valence electrons. The second-order valence-electron chi connectivity index (χ2n) is 3.21. The Morgan fingerprint density at radius 2 is 1.80 bits per heavy atom. The third-order valence-corrected chi connectivity index (χ3v) is 9.88. The first kappa shape index (κ1) is 10.4. The number of rotatable bonds is 4. The zero-order valence-electron chi connectivity index (χ0n) is 7.60. The van der Waals surface area contributed by atoms with E-state index in [1.165, 1.54) is 5.67 Å². The first-order valence-corrected chi connectivity index (χ1v) is 9.15. The lowest BCUT2D eigenvalue weighted by atomic mass is 11.8. The van der Waals surface area contributed by atoms with Crippen molar-refractivity contribution in [2.75, 3.05) is 14.2 Å². The number of hydrogen-bond acceptors (Lipinski definition) is 2. The molecule has 0 spiro atoms. The average molecular weight is 178 g/mol. The van der Waals surface area contributed by atoms with Crippen LogP contribution in [0.4, 0.5) is 0 Å². The summed E-state index contributed by atoms with van der Waals surface area (Å²) in [5.41, 5.74) is 1.21. The lowest BCUT2D eigenvalue weighted by Crippen LogP contribution is -2.34. The summed E-state index contributed by atoms with van der Waals surface area (Å²) in [6, 6.07) is 0. The van der Waals surface area contributed by atoms with Gasteiger partial charge in [-0.2, -0.15) is 0 Å². The van der Waals surface area contributed by atoms with Gasteiger partial charge in [0.1, 0.15) is 0 Å². The first-order chi connectivity index (χ1) is 4.52. The molecular weight excluding hydrogens is 160 g/mol. The van der Waals surface area contributed by atoms with Crippen LogP contribution < -0.4 is 0 Å². The van der Waals surface area contributed by atoms with E-state index in [0.717, 1.165) is 0 Å². The molecule has 0 amide bonds. The minimum absolute atomic E-state index is 0.887. The van der Waals surface area contributed by atoms with Crippen LogP contribution in [0.3, 0.4) is 0 Å². The van der Waals surface area contributed by atoms with E-state index in [-0.39, 0.29) is 0 Å². The molecule has 0 aliphatic heterocycles. The van der Waals surface area contributed by atoms with Crippen LogP contribution in [-0.2, 0) is 8.85 Å². The Hall–Kier alpha value is 0.354. The molecule has 0 radical (unpaired) electrons. The van der Waals surface area contributed by atoms with Crippen molar-refractivity contribution in [2.24, 2.45) is 0 Å². The summed E-state index contributed by atoms with van der Waals surface area (Å²) in [4.78, 5) is 0. The second-order valence-corrected chi connectivity index (χ2v) is 10.9. The Morgan fingerprint density at radius 1 is 1.30 bits per heavy atom. The first-order valence-electron chi connectivity index (χ1n) is 3.60. The number of hydrogen-bond donors (Lipinski definition) is 0. The maximum Gasteiger partial charge on any atom is 0.185 e. The van der Waals surface area contributed by atoms with Crippen LogP contribution in [0.15, 0.2) is 0 Å². The van der Waals surface area contributed by atoms with Crippen molar-refractivity contribution < 1.29 is 8.85 Å². The van der Waals surface area contributed by atoms with Gasteiger partial charge in [-0.15, -0.1) is 0 Å². The molecule has 0 saturated heterocycles. The molecule has 0 aromatic heterocycles. The highest BCUT2D eigenvalue weighted by Crippen LogP contribution is 2.11. The Labute approximate surface area is 66.4 Å². The van der Waals surface area contributed by atoms with E-state index < -0.39 is 17.4 Å². The molecule has 1 unspecified atom stereocenters. The molecule has 2 nitrogen and oxygen atoms in total. The summed E-state index contributed by atoms with van der Waals surface area (Å²) in [5, 5.41) is 0. The van der Waals surface area contributed by atoms with Crippen molar-refractivity contribution >= 4 is 17.4 Å². The predicted octanol–water partition coefficient (Wildman–Crippen LogP) is 1.38. The molecule has 0 aromatic rings. The maximum atomic E-state index is 5.40. The predicted molar refractivity (Wildman–Crippen MR) is 49.3 cm³/mol. The SMILES string of the molecule is CO[SiH](C)C[Si](C)(C)OC. The highest BCUT2D eigenvalue weighted by Gasteiger charge is 2.24. The highest BCUT2D eigenvalue weighted by atomic mass is 28.4. The van der Waals surface area contributed by atoms with Gasteiger partial charge in [-0.25, -0.2) is 0 Å². The summed E-state index contributed by atoms with van der Waals surface area (Å²) in [5.74, 6) is 0. The average Bonchev–Trinajstić information content (AvgIpc) is 1.87. The zero-order chi connectivity index (χ0) is 8.20. The van der Waals surface area contributed by atoms with Gasteiger partial charge in [-0.1, -0.05) is 0 Å². The third-order valence-electron chi connectivity index (χ3n) is 1.73. The van der Waals surface area contributed by atoms with E-state index in [9.17, 15) is 0 Å². The topological polar surface area (TPSA) is 18.5 Å². The smallest absolute Gasteiger partial charge is 0.185 e. The fourth-order valence-corrected chi connectivity index (χ4v) is 7.73. The molecule has 1 atom stereocenters. The van der Waals surface area contributed by atoms with E-state index in [2.05, 4.69) is 19.6 Å². The Balaban J connectivity index is 3.64. The van der Waals surface area contributed by atoms with Gasteiger partial charge in [-0.05, 0) is 25.3 Å². The van der Waals surface area contributed by atoms with Crippen LogP contribution in [0.2, 0.25) is 25.3 Å².